The molecule has 0 atom stereocenters. The normalized spacial score (nSPS) is 15.0. The number of likely N-dealkylation sites (tertiary alicyclic amines) is 1. The Kier molecular flexibility index (Phi) is 5.10. The van der Waals surface area contributed by atoms with E-state index in [4.69, 9.17) is 4.74 Å². The summed E-state index contributed by atoms with van der Waals surface area (Å²) in [6.07, 6.45) is 4.87. The minimum absolute atomic E-state index is 0.0857. The van der Waals surface area contributed by atoms with E-state index in [0.29, 0.717) is 24.6 Å². The number of benzene rings is 1. The number of fused-ring (bicyclic) bond motifs is 1. The van der Waals surface area contributed by atoms with Gasteiger partial charge in [0, 0.05) is 33.0 Å². The highest BCUT2D eigenvalue weighted by molar-refractivity contribution is 5.87. The summed E-state index contributed by atoms with van der Waals surface area (Å²) in [5.74, 6) is 1.65. The monoisotopic (exact) mass is 380 g/mol. The Balaban J connectivity index is 1.31. The largest absolute Gasteiger partial charge is 0.490 e. The molecule has 0 radical (unpaired) electrons. The zero-order valence-electron chi connectivity index (χ0n) is 16.1. The molecule has 0 unspecified atom stereocenters. The van der Waals surface area contributed by atoms with Gasteiger partial charge in [0.05, 0.1) is 12.9 Å². The molecule has 1 saturated heterocycles. The molecule has 3 aromatic rings. The number of imidazole rings is 1. The van der Waals surface area contributed by atoms with Gasteiger partial charge in [0.15, 0.2) is 11.5 Å². The molecule has 0 spiro atoms. The maximum Gasteiger partial charge on any atom is 0.242 e. The minimum atomic E-state index is 0.0857. The summed E-state index contributed by atoms with van der Waals surface area (Å²) in [5.41, 5.74) is 2.55. The molecule has 146 valence electrons. The van der Waals surface area contributed by atoms with E-state index in [-0.39, 0.29) is 18.6 Å². The first-order valence-corrected chi connectivity index (χ1v) is 9.46. The molecule has 1 aromatic carbocycles. The Morgan fingerprint density at radius 1 is 1.21 bits per heavy atom. The van der Waals surface area contributed by atoms with Gasteiger partial charge in [-0.05, 0) is 19.1 Å². The lowest BCUT2D eigenvalue weighted by Crippen LogP contribution is -2.45. The van der Waals surface area contributed by atoms with Gasteiger partial charge < -0.3 is 19.5 Å². The summed E-state index contributed by atoms with van der Waals surface area (Å²) in [6.45, 7) is 3.72. The lowest BCUT2D eigenvalue weighted by molar-refractivity contribution is -0.131. The Morgan fingerprint density at radius 3 is 2.71 bits per heavy atom. The number of anilines is 1. The zero-order valence-corrected chi connectivity index (χ0v) is 16.1. The Hall–Kier alpha value is -3.16. The summed E-state index contributed by atoms with van der Waals surface area (Å²) in [5, 5.41) is 0. The Bertz CT molecular complexity index is 947. The van der Waals surface area contributed by atoms with Crippen molar-refractivity contribution < 1.29 is 9.53 Å². The molecular weight excluding hydrogens is 356 g/mol. The van der Waals surface area contributed by atoms with Crippen molar-refractivity contribution in [3.8, 4) is 5.75 Å². The number of likely N-dealkylation sites (N-methyl/N-ethyl adjacent to an activating group) is 1. The van der Waals surface area contributed by atoms with Crippen molar-refractivity contribution >= 4 is 22.9 Å². The number of carbonyl (C=O) groups is 1. The van der Waals surface area contributed by atoms with Crippen LogP contribution in [0.15, 0.2) is 36.9 Å². The third kappa shape index (κ3) is 3.90. The third-order valence-electron chi connectivity index (χ3n) is 5.06. The minimum Gasteiger partial charge on any atom is -0.490 e. The zero-order chi connectivity index (χ0) is 19.5. The predicted molar refractivity (Wildman–Crippen MR) is 106 cm³/mol. The molecule has 0 aliphatic carbocycles. The molecule has 1 amide bonds. The van der Waals surface area contributed by atoms with Crippen LogP contribution < -0.4 is 9.64 Å². The van der Waals surface area contributed by atoms with Crippen LogP contribution >= 0.6 is 0 Å². The van der Waals surface area contributed by atoms with E-state index < -0.39 is 0 Å². The number of ether oxygens (including phenoxy) is 1. The van der Waals surface area contributed by atoms with E-state index >= 15 is 0 Å². The van der Waals surface area contributed by atoms with Crippen LogP contribution in [0.4, 0.5) is 5.82 Å². The maximum atomic E-state index is 12.7. The van der Waals surface area contributed by atoms with E-state index in [2.05, 4.69) is 26.9 Å². The number of amides is 1. The van der Waals surface area contributed by atoms with Gasteiger partial charge in [0.2, 0.25) is 5.91 Å². The second kappa shape index (κ2) is 7.84. The van der Waals surface area contributed by atoms with Crippen LogP contribution in [0.1, 0.15) is 18.4 Å². The summed E-state index contributed by atoms with van der Waals surface area (Å²) < 4.78 is 6.05. The second-order valence-corrected chi connectivity index (χ2v) is 7.17. The van der Waals surface area contributed by atoms with E-state index in [1.807, 2.05) is 41.1 Å². The van der Waals surface area contributed by atoms with Crippen LogP contribution in [0, 0.1) is 6.92 Å². The van der Waals surface area contributed by atoms with Crippen LogP contribution in [0.3, 0.4) is 0 Å². The van der Waals surface area contributed by atoms with Crippen LogP contribution in [0.25, 0.3) is 11.2 Å². The van der Waals surface area contributed by atoms with Gasteiger partial charge in [-0.2, -0.15) is 0 Å². The molecule has 1 N–H and O–H groups in total. The topological polar surface area (TPSA) is 87.2 Å². The van der Waals surface area contributed by atoms with Gasteiger partial charge in [-0.15, -0.1) is 0 Å². The first kappa shape index (κ1) is 18.2. The quantitative estimate of drug-likeness (QED) is 0.730. The van der Waals surface area contributed by atoms with E-state index in [1.165, 1.54) is 11.9 Å². The van der Waals surface area contributed by atoms with Crippen LogP contribution in [-0.4, -0.2) is 63.5 Å². The molecule has 1 fully saturated rings. The number of aryl methyl sites for hydroxylation is 1. The van der Waals surface area contributed by atoms with Crippen LogP contribution in [-0.2, 0) is 4.79 Å². The maximum absolute atomic E-state index is 12.7. The standard InChI is InChI=1S/C20H24N6O2/c1-14-3-5-15(6-4-14)28-16-7-9-26(10-8-16)17(27)11-25(2)20-18-19(22-12-21-18)23-13-24-20/h3-6,12-13,16H,7-11H2,1-2H3,(H,21,22,23,24). The summed E-state index contributed by atoms with van der Waals surface area (Å²) >= 11 is 0. The predicted octanol–water partition coefficient (Wildman–Crippen LogP) is 2.17. The number of piperidine rings is 1. The van der Waals surface area contributed by atoms with Gasteiger partial charge in [-0.25, -0.2) is 15.0 Å². The molecular formula is C20H24N6O2. The Morgan fingerprint density at radius 2 is 1.96 bits per heavy atom. The van der Waals surface area contributed by atoms with Crippen LogP contribution in [0.5, 0.6) is 5.75 Å². The Labute approximate surface area is 163 Å². The number of aromatic nitrogens is 4. The molecule has 4 rings (SSSR count). The summed E-state index contributed by atoms with van der Waals surface area (Å²) in [4.78, 5) is 32.0. The highest BCUT2D eigenvalue weighted by atomic mass is 16.5. The number of hydrogen-bond acceptors (Lipinski definition) is 6. The van der Waals surface area contributed by atoms with E-state index in [1.54, 1.807) is 6.33 Å². The molecule has 28 heavy (non-hydrogen) atoms. The summed E-state index contributed by atoms with van der Waals surface area (Å²) in [6, 6.07) is 8.10. The fraction of sp³-hybridized carbons (Fsp3) is 0.400. The molecule has 1 aliphatic rings. The molecule has 8 heteroatoms. The van der Waals surface area contributed by atoms with Crippen molar-refractivity contribution in [2.45, 2.75) is 25.9 Å². The average molecular weight is 380 g/mol. The highest BCUT2D eigenvalue weighted by Gasteiger charge is 2.25. The molecule has 8 nitrogen and oxygen atoms in total. The molecule has 1 aliphatic heterocycles. The average Bonchev–Trinajstić information content (AvgIpc) is 3.19. The van der Waals surface area contributed by atoms with Gasteiger partial charge >= 0.3 is 0 Å². The SMILES string of the molecule is Cc1ccc(OC2CCN(C(=O)CN(C)c3ncnc4nc[nH]c34)CC2)cc1. The lowest BCUT2D eigenvalue weighted by Gasteiger charge is -2.33. The number of rotatable bonds is 5. The number of nitrogens with one attached hydrogen (secondary N) is 1. The first-order valence-electron chi connectivity index (χ1n) is 9.46. The number of H-pyrrole nitrogens is 1. The lowest BCUT2D eigenvalue weighted by atomic mass is 10.1. The molecule has 3 heterocycles. The number of carbonyl (C=O) groups excluding carboxylic acids is 1. The number of hydrogen-bond donors (Lipinski definition) is 1. The van der Waals surface area contributed by atoms with E-state index in [9.17, 15) is 4.79 Å². The molecule has 0 bridgehead atoms. The van der Waals surface area contributed by atoms with Crippen LogP contribution in [0.2, 0.25) is 0 Å². The fourth-order valence-electron chi connectivity index (χ4n) is 3.45. The third-order valence-corrected chi connectivity index (χ3v) is 5.06. The van der Waals surface area contributed by atoms with Gasteiger partial charge in [0.1, 0.15) is 23.7 Å². The first-order chi connectivity index (χ1) is 13.6. The highest BCUT2D eigenvalue weighted by Crippen LogP contribution is 2.21. The second-order valence-electron chi connectivity index (χ2n) is 7.17. The van der Waals surface area contributed by atoms with Crippen molar-refractivity contribution in [2.24, 2.45) is 0 Å². The number of nitrogens with zero attached hydrogens (tertiary/aromatic N) is 5. The summed E-state index contributed by atoms with van der Waals surface area (Å²) in [7, 11) is 1.85. The van der Waals surface area contributed by atoms with Crippen molar-refractivity contribution in [3.05, 3.63) is 42.5 Å². The van der Waals surface area contributed by atoms with Crippen molar-refractivity contribution in [3.63, 3.8) is 0 Å². The van der Waals surface area contributed by atoms with Gasteiger partial charge in [-0.3, -0.25) is 4.79 Å². The van der Waals surface area contributed by atoms with Gasteiger partial charge in [0.25, 0.3) is 0 Å². The molecule has 0 saturated carbocycles. The fourth-order valence-corrected chi connectivity index (χ4v) is 3.45. The van der Waals surface area contributed by atoms with Crippen molar-refractivity contribution in [1.29, 1.82) is 0 Å². The smallest absolute Gasteiger partial charge is 0.242 e. The van der Waals surface area contributed by atoms with Gasteiger partial charge in [-0.1, -0.05) is 17.7 Å². The van der Waals surface area contributed by atoms with Crippen molar-refractivity contribution in [2.75, 3.05) is 31.6 Å². The molecule has 2 aromatic heterocycles. The number of aromatic amines is 1. The van der Waals surface area contributed by atoms with Crippen molar-refractivity contribution in [1.82, 2.24) is 24.8 Å². The van der Waals surface area contributed by atoms with E-state index in [0.717, 1.165) is 24.1 Å².